The number of amidine groups is 1. The van der Waals surface area contributed by atoms with Crippen LogP contribution in [0.1, 0.15) is 15.9 Å². The highest BCUT2D eigenvalue weighted by molar-refractivity contribution is 5.98. The summed E-state index contributed by atoms with van der Waals surface area (Å²) in [5, 5.41) is 7.43. The molecular formula is C14H12N2O. The quantitative estimate of drug-likeness (QED) is 0.477. The Balaban J connectivity index is 2.58. The molecular weight excluding hydrogens is 212 g/mol. The van der Waals surface area contributed by atoms with Crippen molar-refractivity contribution in [3.63, 3.8) is 0 Å². The summed E-state index contributed by atoms with van der Waals surface area (Å²) in [6.45, 7) is 0. The van der Waals surface area contributed by atoms with E-state index in [9.17, 15) is 4.79 Å². The van der Waals surface area contributed by atoms with Gasteiger partial charge in [-0.25, -0.2) is 0 Å². The van der Waals surface area contributed by atoms with Crippen molar-refractivity contribution in [2.45, 2.75) is 0 Å². The summed E-state index contributed by atoms with van der Waals surface area (Å²) >= 11 is 0. The van der Waals surface area contributed by atoms with Gasteiger partial charge in [0.1, 0.15) is 12.1 Å². The van der Waals surface area contributed by atoms with Crippen LogP contribution in [0.2, 0.25) is 0 Å². The fourth-order valence-corrected chi connectivity index (χ4v) is 1.67. The highest BCUT2D eigenvalue weighted by Gasteiger charge is 2.04. The smallest absolute Gasteiger partial charge is 0.150 e. The van der Waals surface area contributed by atoms with Gasteiger partial charge in [0.15, 0.2) is 0 Å². The largest absolute Gasteiger partial charge is 0.384 e. The Kier molecular flexibility index (Phi) is 3.01. The average Bonchev–Trinajstić information content (AvgIpc) is 2.39. The maximum absolute atomic E-state index is 10.9. The van der Waals surface area contributed by atoms with Crippen LogP contribution in [0, 0.1) is 5.41 Å². The fourth-order valence-electron chi connectivity index (χ4n) is 1.67. The molecule has 2 rings (SSSR count). The van der Waals surface area contributed by atoms with Crippen molar-refractivity contribution in [1.82, 2.24) is 0 Å². The van der Waals surface area contributed by atoms with E-state index in [1.807, 2.05) is 36.4 Å². The molecule has 0 amide bonds. The highest BCUT2D eigenvalue weighted by atomic mass is 16.1. The molecule has 17 heavy (non-hydrogen) atoms. The Hall–Kier alpha value is -2.42. The van der Waals surface area contributed by atoms with E-state index in [4.69, 9.17) is 11.1 Å². The van der Waals surface area contributed by atoms with Crippen LogP contribution < -0.4 is 5.73 Å². The Morgan fingerprint density at radius 1 is 1.06 bits per heavy atom. The van der Waals surface area contributed by atoms with Crippen molar-refractivity contribution >= 4 is 12.1 Å². The molecule has 0 spiro atoms. The number of hydrogen-bond donors (Lipinski definition) is 2. The van der Waals surface area contributed by atoms with Crippen molar-refractivity contribution in [2.24, 2.45) is 5.73 Å². The fraction of sp³-hybridized carbons (Fsp3) is 0. The van der Waals surface area contributed by atoms with Crippen molar-refractivity contribution in [2.75, 3.05) is 0 Å². The first-order chi connectivity index (χ1) is 8.20. The minimum Gasteiger partial charge on any atom is -0.384 e. The summed E-state index contributed by atoms with van der Waals surface area (Å²) in [6.07, 6.45) is 0.763. The van der Waals surface area contributed by atoms with Crippen molar-refractivity contribution in [3.05, 3.63) is 59.7 Å². The van der Waals surface area contributed by atoms with Crippen LogP contribution in [0.15, 0.2) is 48.5 Å². The standard InChI is InChI=1S/C14H12N2O/c15-14(16)13-7-10(9-17)6-12(8-13)11-4-2-1-3-5-11/h1-9H,(H3,15,16). The minimum absolute atomic E-state index is 0.0362. The highest BCUT2D eigenvalue weighted by Crippen LogP contribution is 2.21. The Morgan fingerprint density at radius 3 is 2.35 bits per heavy atom. The number of nitrogens with one attached hydrogen (secondary N) is 1. The molecule has 0 radical (unpaired) electrons. The van der Waals surface area contributed by atoms with Crippen molar-refractivity contribution < 1.29 is 4.79 Å². The average molecular weight is 224 g/mol. The lowest BCUT2D eigenvalue weighted by molar-refractivity contribution is 0.112. The van der Waals surface area contributed by atoms with E-state index in [2.05, 4.69) is 0 Å². The molecule has 84 valence electrons. The number of carbonyl (C=O) groups is 1. The molecule has 3 N–H and O–H groups in total. The maximum atomic E-state index is 10.9. The molecule has 0 atom stereocenters. The Labute approximate surface area is 99.4 Å². The zero-order valence-corrected chi connectivity index (χ0v) is 9.18. The van der Waals surface area contributed by atoms with E-state index in [0.29, 0.717) is 11.1 Å². The van der Waals surface area contributed by atoms with E-state index in [1.165, 1.54) is 0 Å². The van der Waals surface area contributed by atoms with E-state index < -0.39 is 0 Å². The van der Waals surface area contributed by atoms with Crippen LogP contribution in [-0.2, 0) is 0 Å². The summed E-state index contributed by atoms with van der Waals surface area (Å²) in [5.41, 5.74) is 8.43. The second-order valence-electron chi connectivity index (χ2n) is 3.74. The third-order valence-corrected chi connectivity index (χ3v) is 2.51. The molecule has 3 nitrogen and oxygen atoms in total. The number of benzene rings is 2. The van der Waals surface area contributed by atoms with E-state index in [0.717, 1.165) is 17.4 Å². The zero-order valence-electron chi connectivity index (χ0n) is 9.18. The molecule has 0 bridgehead atoms. The van der Waals surface area contributed by atoms with Gasteiger partial charge in [-0.05, 0) is 29.3 Å². The molecule has 3 heteroatoms. The molecule has 0 aliphatic heterocycles. The number of nitrogen functional groups attached to an aromatic ring is 1. The molecule has 0 saturated heterocycles. The molecule has 2 aromatic carbocycles. The van der Waals surface area contributed by atoms with Gasteiger partial charge in [0, 0.05) is 11.1 Å². The van der Waals surface area contributed by atoms with Crippen LogP contribution in [0.3, 0.4) is 0 Å². The minimum atomic E-state index is -0.0362. The molecule has 0 aliphatic rings. The van der Waals surface area contributed by atoms with Gasteiger partial charge in [0.05, 0.1) is 0 Å². The lowest BCUT2D eigenvalue weighted by Gasteiger charge is -2.06. The first-order valence-corrected chi connectivity index (χ1v) is 5.21. The van der Waals surface area contributed by atoms with Gasteiger partial charge >= 0.3 is 0 Å². The van der Waals surface area contributed by atoms with Crippen LogP contribution >= 0.6 is 0 Å². The van der Waals surface area contributed by atoms with Crippen molar-refractivity contribution in [1.29, 1.82) is 5.41 Å². The number of nitrogens with two attached hydrogens (primary N) is 1. The van der Waals surface area contributed by atoms with E-state index >= 15 is 0 Å². The van der Waals surface area contributed by atoms with Crippen LogP contribution in [-0.4, -0.2) is 12.1 Å². The third kappa shape index (κ3) is 2.39. The number of rotatable bonds is 3. The summed E-state index contributed by atoms with van der Waals surface area (Å²) in [5.74, 6) is -0.0362. The van der Waals surface area contributed by atoms with Gasteiger partial charge in [-0.15, -0.1) is 0 Å². The normalized spacial score (nSPS) is 9.88. The SMILES string of the molecule is N=C(N)c1cc(C=O)cc(-c2ccccc2)c1. The predicted molar refractivity (Wildman–Crippen MR) is 68.3 cm³/mol. The van der Waals surface area contributed by atoms with Gasteiger partial charge in [-0.3, -0.25) is 10.2 Å². The monoisotopic (exact) mass is 224 g/mol. The Morgan fingerprint density at radius 2 is 1.76 bits per heavy atom. The molecule has 0 aliphatic carbocycles. The van der Waals surface area contributed by atoms with Gasteiger partial charge in [0.2, 0.25) is 0 Å². The summed E-state index contributed by atoms with van der Waals surface area (Å²) in [4.78, 5) is 10.9. The molecule has 0 unspecified atom stereocenters. The Bertz CT molecular complexity index is 562. The summed E-state index contributed by atoms with van der Waals surface area (Å²) < 4.78 is 0. The molecule has 0 fully saturated rings. The van der Waals surface area contributed by atoms with Crippen molar-refractivity contribution in [3.8, 4) is 11.1 Å². The number of hydrogen-bond acceptors (Lipinski definition) is 2. The topological polar surface area (TPSA) is 66.9 Å². The third-order valence-electron chi connectivity index (χ3n) is 2.51. The summed E-state index contributed by atoms with van der Waals surface area (Å²) in [6, 6.07) is 14.9. The van der Waals surface area contributed by atoms with Crippen LogP contribution in [0.4, 0.5) is 0 Å². The zero-order chi connectivity index (χ0) is 12.3. The molecule has 0 saturated carbocycles. The summed E-state index contributed by atoms with van der Waals surface area (Å²) in [7, 11) is 0. The molecule has 0 aromatic heterocycles. The molecule has 2 aromatic rings. The van der Waals surface area contributed by atoms with Crippen LogP contribution in [0.5, 0.6) is 0 Å². The second kappa shape index (κ2) is 4.61. The van der Waals surface area contributed by atoms with Crippen LogP contribution in [0.25, 0.3) is 11.1 Å². The van der Waals surface area contributed by atoms with Gasteiger partial charge in [-0.2, -0.15) is 0 Å². The lowest BCUT2D eigenvalue weighted by Crippen LogP contribution is -2.11. The molecule has 0 heterocycles. The van der Waals surface area contributed by atoms with Gasteiger partial charge in [-0.1, -0.05) is 30.3 Å². The van der Waals surface area contributed by atoms with E-state index in [1.54, 1.807) is 12.1 Å². The predicted octanol–water partition coefficient (Wildman–Crippen LogP) is 2.45. The second-order valence-corrected chi connectivity index (χ2v) is 3.74. The number of carbonyl (C=O) groups excluding carboxylic acids is 1. The first-order valence-electron chi connectivity index (χ1n) is 5.21. The van der Waals surface area contributed by atoms with Gasteiger partial charge < -0.3 is 5.73 Å². The first kappa shape index (κ1) is 11.1. The lowest BCUT2D eigenvalue weighted by atomic mass is 10.00. The number of aldehydes is 1. The van der Waals surface area contributed by atoms with E-state index in [-0.39, 0.29) is 5.84 Å². The maximum Gasteiger partial charge on any atom is 0.150 e. The van der Waals surface area contributed by atoms with Gasteiger partial charge in [0.25, 0.3) is 0 Å².